The molecule has 2 aromatic heterocycles. The second-order valence-corrected chi connectivity index (χ2v) is 6.21. The van der Waals surface area contributed by atoms with Crippen LogP contribution in [-0.4, -0.2) is 46.8 Å². The van der Waals surface area contributed by atoms with Crippen molar-refractivity contribution < 1.29 is 9.26 Å². The zero-order chi connectivity index (χ0) is 16.0. The fraction of sp³-hybridized carbons (Fsp3) is 0.412. The van der Waals surface area contributed by atoms with Crippen LogP contribution in [-0.2, 0) is 4.74 Å². The molecule has 0 radical (unpaired) electrons. The van der Waals surface area contributed by atoms with Crippen LogP contribution >= 0.6 is 0 Å². The fourth-order valence-corrected chi connectivity index (χ4v) is 3.01. The lowest BCUT2D eigenvalue weighted by Crippen LogP contribution is -2.35. The molecule has 1 atom stereocenters. The number of morpholine rings is 1. The van der Waals surface area contributed by atoms with E-state index in [0.717, 1.165) is 24.2 Å². The average Bonchev–Trinajstić information content (AvgIpc) is 3.14. The van der Waals surface area contributed by atoms with E-state index in [1.807, 2.05) is 6.07 Å². The Kier molecular flexibility index (Phi) is 3.43. The van der Waals surface area contributed by atoms with Crippen molar-refractivity contribution in [3.05, 3.63) is 35.3 Å². The molecular formula is C17H20N4O2. The minimum atomic E-state index is -0.144. The highest BCUT2D eigenvalue weighted by molar-refractivity contribution is 5.88. The van der Waals surface area contributed by atoms with Gasteiger partial charge in [0.2, 0.25) is 5.82 Å². The number of benzene rings is 1. The molecule has 0 spiro atoms. The molecule has 0 saturated carbocycles. The number of hydrogen-bond acceptors (Lipinski definition) is 5. The van der Waals surface area contributed by atoms with Crippen molar-refractivity contribution in [3.8, 4) is 11.4 Å². The van der Waals surface area contributed by atoms with Crippen LogP contribution in [0.1, 0.15) is 23.3 Å². The molecule has 1 fully saturated rings. The van der Waals surface area contributed by atoms with Gasteiger partial charge in [-0.1, -0.05) is 5.16 Å². The van der Waals surface area contributed by atoms with E-state index in [1.165, 1.54) is 16.6 Å². The summed E-state index contributed by atoms with van der Waals surface area (Å²) in [5.74, 6) is 1.16. The van der Waals surface area contributed by atoms with E-state index in [4.69, 9.17) is 9.26 Å². The van der Waals surface area contributed by atoms with Gasteiger partial charge in [0.1, 0.15) is 6.10 Å². The Balaban J connectivity index is 1.67. The molecule has 3 heterocycles. The van der Waals surface area contributed by atoms with E-state index in [0.29, 0.717) is 18.3 Å². The molecule has 1 aliphatic heterocycles. The van der Waals surface area contributed by atoms with E-state index in [-0.39, 0.29) is 6.10 Å². The van der Waals surface area contributed by atoms with Crippen molar-refractivity contribution in [1.82, 2.24) is 20.0 Å². The maximum atomic E-state index is 5.73. The molecule has 3 aromatic rings. The van der Waals surface area contributed by atoms with Gasteiger partial charge < -0.3 is 19.1 Å². The van der Waals surface area contributed by atoms with Crippen LogP contribution in [0.15, 0.2) is 22.7 Å². The Labute approximate surface area is 134 Å². The van der Waals surface area contributed by atoms with Gasteiger partial charge in [0, 0.05) is 35.2 Å². The lowest BCUT2D eigenvalue weighted by atomic mass is 10.1. The first-order valence-corrected chi connectivity index (χ1v) is 7.85. The molecule has 1 unspecified atom stereocenters. The minimum Gasteiger partial charge on any atom is -0.366 e. The molecule has 0 amide bonds. The number of aryl methyl sites for hydroxylation is 2. The largest absolute Gasteiger partial charge is 0.366 e. The topological polar surface area (TPSA) is 67.2 Å². The predicted octanol–water partition coefficient (Wildman–Crippen LogP) is 2.84. The highest BCUT2D eigenvalue weighted by Crippen LogP contribution is 2.28. The van der Waals surface area contributed by atoms with Crippen molar-refractivity contribution >= 4 is 10.9 Å². The van der Waals surface area contributed by atoms with Gasteiger partial charge in [0.15, 0.2) is 0 Å². The van der Waals surface area contributed by atoms with Crippen LogP contribution in [0.5, 0.6) is 0 Å². The lowest BCUT2D eigenvalue weighted by Gasteiger charge is -2.27. The van der Waals surface area contributed by atoms with Gasteiger partial charge in [-0.05, 0) is 44.7 Å². The summed E-state index contributed by atoms with van der Waals surface area (Å²) in [5, 5.41) is 5.33. The van der Waals surface area contributed by atoms with E-state index in [1.54, 1.807) is 0 Å². The van der Waals surface area contributed by atoms with Crippen LogP contribution < -0.4 is 0 Å². The summed E-state index contributed by atoms with van der Waals surface area (Å²) in [6.45, 7) is 6.59. The molecule has 4 rings (SSSR count). The molecule has 1 aromatic carbocycles. The summed E-state index contributed by atoms with van der Waals surface area (Å²) in [6, 6.07) is 6.18. The Morgan fingerprint density at radius 1 is 1.30 bits per heavy atom. The molecule has 6 nitrogen and oxygen atoms in total. The number of fused-ring (bicyclic) bond motifs is 1. The molecule has 1 aliphatic rings. The highest BCUT2D eigenvalue weighted by atomic mass is 16.5. The average molecular weight is 312 g/mol. The Hall–Kier alpha value is -2.18. The fourth-order valence-electron chi connectivity index (χ4n) is 3.01. The third-order valence-electron chi connectivity index (χ3n) is 4.55. The quantitative estimate of drug-likeness (QED) is 0.788. The number of nitrogens with zero attached hydrogens (tertiary/aromatic N) is 3. The lowest BCUT2D eigenvalue weighted by molar-refractivity contribution is -0.0366. The molecule has 120 valence electrons. The molecule has 6 heteroatoms. The van der Waals surface area contributed by atoms with Crippen LogP contribution in [0.2, 0.25) is 0 Å². The summed E-state index contributed by atoms with van der Waals surface area (Å²) in [6.07, 6.45) is -0.144. The van der Waals surface area contributed by atoms with E-state index in [2.05, 4.69) is 53.1 Å². The van der Waals surface area contributed by atoms with Crippen LogP contribution in [0, 0.1) is 13.8 Å². The number of aromatic amines is 1. The number of H-pyrrole nitrogens is 1. The van der Waals surface area contributed by atoms with Crippen molar-refractivity contribution in [2.75, 3.05) is 26.7 Å². The van der Waals surface area contributed by atoms with Crippen molar-refractivity contribution in [2.45, 2.75) is 20.0 Å². The first-order valence-electron chi connectivity index (χ1n) is 7.85. The number of aromatic nitrogens is 3. The maximum absolute atomic E-state index is 5.73. The van der Waals surface area contributed by atoms with Crippen LogP contribution in [0.25, 0.3) is 22.3 Å². The van der Waals surface area contributed by atoms with Gasteiger partial charge in [-0.2, -0.15) is 4.98 Å². The third-order valence-corrected chi connectivity index (χ3v) is 4.55. The van der Waals surface area contributed by atoms with Gasteiger partial charge in [-0.3, -0.25) is 0 Å². The summed E-state index contributed by atoms with van der Waals surface area (Å²) >= 11 is 0. The first-order chi connectivity index (χ1) is 11.1. The zero-order valence-electron chi connectivity index (χ0n) is 13.6. The van der Waals surface area contributed by atoms with Crippen molar-refractivity contribution in [1.29, 1.82) is 0 Å². The molecule has 1 N–H and O–H groups in total. The van der Waals surface area contributed by atoms with Crippen LogP contribution in [0.3, 0.4) is 0 Å². The number of likely N-dealkylation sites (N-methyl/N-ethyl adjacent to an activating group) is 1. The van der Waals surface area contributed by atoms with E-state index < -0.39 is 0 Å². The molecular weight excluding hydrogens is 292 g/mol. The molecule has 23 heavy (non-hydrogen) atoms. The SMILES string of the molecule is Cc1[nH]c2ccc(-c3noc(C4CN(C)CCO4)n3)cc2c1C. The zero-order valence-corrected chi connectivity index (χ0v) is 13.6. The van der Waals surface area contributed by atoms with E-state index >= 15 is 0 Å². The van der Waals surface area contributed by atoms with Gasteiger partial charge >= 0.3 is 0 Å². The molecule has 0 bridgehead atoms. The first kappa shape index (κ1) is 14.4. The van der Waals surface area contributed by atoms with Crippen LogP contribution in [0.4, 0.5) is 0 Å². The second kappa shape index (κ2) is 5.47. The van der Waals surface area contributed by atoms with Crippen molar-refractivity contribution in [3.63, 3.8) is 0 Å². The number of ether oxygens (including phenoxy) is 1. The van der Waals surface area contributed by atoms with Gasteiger partial charge in [0.05, 0.1) is 6.61 Å². The standard InChI is InChI=1S/C17H20N4O2/c1-10-11(2)18-14-5-4-12(8-13(10)14)16-19-17(23-20-16)15-9-21(3)6-7-22-15/h4-5,8,15,18H,6-7,9H2,1-3H3. The van der Waals surface area contributed by atoms with Gasteiger partial charge in [-0.15, -0.1) is 0 Å². The smallest absolute Gasteiger partial charge is 0.257 e. The Morgan fingerprint density at radius 3 is 3.00 bits per heavy atom. The Morgan fingerprint density at radius 2 is 2.17 bits per heavy atom. The van der Waals surface area contributed by atoms with Gasteiger partial charge in [-0.25, -0.2) is 0 Å². The monoisotopic (exact) mass is 312 g/mol. The minimum absolute atomic E-state index is 0.144. The normalized spacial score (nSPS) is 19.5. The maximum Gasteiger partial charge on any atom is 0.257 e. The van der Waals surface area contributed by atoms with Crippen molar-refractivity contribution in [2.24, 2.45) is 0 Å². The third kappa shape index (κ3) is 2.54. The summed E-state index contributed by atoms with van der Waals surface area (Å²) in [5.41, 5.74) is 4.52. The summed E-state index contributed by atoms with van der Waals surface area (Å²) in [4.78, 5) is 10.1. The Bertz CT molecular complexity index is 852. The number of rotatable bonds is 2. The number of nitrogens with one attached hydrogen (secondary N) is 1. The number of hydrogen-bond donors (Lipinski definition) is 1. The molecule has 1 saturated heterocycles. The van der Waals surface area contributed by atoms with E-state index in [9.17, 15) is 0 Å². The molecule has 0 aliphatic carbocycles. The summed E-state index contributed by atoms with van der Waals surface area (Å²) < 4.78 is 11.2. The second-order valence-electron chi connectivity index (χ2n) is 6.21. The predicted molar refractivity (Wildman–Crippen MR) is 87.3 cm³/mol. The highest BCUT2D eigenvalue weighted by Gasteiger charge is 2.25. The summed E-state index contributed by atoms with van der Waals surface area (Å²) in [7, 11) is 2.07. The van der Waals surface area contributed by atoms with Gasteiger partial charge in [0.25, 0.3) is 5.89 Å².